The second kappa shape index (κ2) is 4.52. The highest BCUT2D eigenvalue weighted by Gasteiger charge is 2.71. The predicted octanol–water partition coefficient (Wildman–Crippen LogP) is 4.33. The molecule has 1 unspecified atom stereocenters. The van der Waals surface area contributed by atoms with Gasteiger partial charge in [-0.2, -0.15) is 0 Å². The molecule has 1 aliphatic rings. The van der Waals surface area contributed by atoms with Gasteiger partial charge in [0.05, 0.1) is 19.9 Å². The van der Waals surface area contributed by atoms with Gasteiger partial charge in [-0.05, 0) is 6.55 Å². The lowest BCUT2D eigenvalue weighted by molar-refractivity contribution is 0.246. The van der Waals surface area contributed by atoms with Crippen LogP contribution in [-0.2, 0) is 4.43 Å². The molecular weight excluding hydrogens is 296 g/mol. The Morgan fingerprint density at radius 3 is 1.53 bits per heavy atom. The fraction of sp³-hybridized carbons (Fsp3) is 0.571. The summed E-state index contributed by atoms with van der Waals surface area (Å²) in [5.74, 6) is 0. The molecule has 0 radical (unpaired) electrons. The summed E-state index contributed by atoms with van der Waals surface area (Å²) >= 11 is 0. The zero-order valence-electron chi connectivity index (χ0n) is 13.8. The van der Waals surface area contributed by atoms with Crippen molar-refractivity contribution in [1.29, 1.82) is 0 Å². The zero-order valence-corrected chi connectivity index (χ0v) is 17.8. The maximum atomic E-state index is 6.82. The molecule has 108 valence electrons. The molecule has 1 fully saturated rings. The fourth-order valence-electron chi connectivity index (χ4n) is 3.47. The van der Waals surface area contributed by atoms with Gasteiger partial charge in [-0.1, -0.05) is 57.1 Å². The maximum absolute atomic E-state index is 6.82. The first kappa shape index (κ1) is 17.1. The van der Waals surface area contributed by atoms with E-state index in [2.05, 4.69) is 71.3 Å². The van der Waals surface area contributed by atoms with Crippen LogP contribution in [-0.4, -0.2) is 34.9 Å². The standard InChI is InChI=1S/C14H30OSi4/c1-11-14(12-2)15-19(10,13-3)18(8,9)17(6,7)16(14,4)5/h11-13H,1-3H2,4-10H3. The fourth-order valence-corrected chi connectivity index (χ4v) is 70.7. The van der Waals surface area contributed by atoms with Gasteiger partial charge >= 0.3 is 0 Å². The van der Waals surface area contributed by atoms with Gasteiger partial charge in [0.15, 0.2) is 7.83 Å². The van der Waals surface area contributed by atoms with Crippen LogP contribution in [0.25, 0.3) is 0 Å². The molecule has 1 atom stereocenters. The molecule has 1 saturated heterocycles. The SMILES string of the molecule is C=CC1(C=C)O[Si](C)(C=C)[Si](C)(C)[Si](C)(C)[Si]1(C)C. The summed E-state index contributed by atoms with van der Waals surface area (Å²) < 4.78 is 6.82. The summed E-state index contributed by atoms with van der Waals surface area (Å²) in [4.78, 5) is 0. The molecule has 0 N–H and O–H groups in total. The second-order valence-electron chi connectivity index (χ2n) is 7.49. The smallest absolute Gasteiger partial charge is 0.197 e. The summed E-state index contributed by atoms with van der Waals surface area (Å²) in [6.07, 6.45) is 4.08. The Hall–Kier alpha value is 0.0475. The number of hydrogen-bond acceptors (Lipinski definition) is 1. The van der Waals surface area contributed by atoms with Crippen LogP contribution in [0.3, 0.4) is 0 Å². The van der Waals surface area contributed by atoms with E-state index < -0.39 is 29.6 Å². The van der Waals surface area contributed by atoms with Crippen molar-refractivity contribution >= 4 is 29.6 Å². The van der Waals surface area contributed by atoms with E-state index in [9.17, 15) is 0 Å². The summed E-state index contributed by atoms with van der Waals surface area (Å²) in [7, 11) is -6.30. The molecule has 0 aromatic heterocycles. The summed E-state index contributed by atoms with van der Waals surface area (Å²) in [5.41, 5.74) is 2.18. The van der Waals surface area contributed by atoms with Crippen molar-refractivity contribution in [3.8, 4) is 0 Å². The predicted molar refractivity (Wildman–Crippen MR) is 98.5 cm³/mol. The minimum absolute atomic E-state index is 0.263. The molecule has 0 aliphatic carbocycles. The second-order valence-corrected chi connectivity index (χ2v) is 45.6. The van der Waals surface area contributed by atoms with Gasteiger partial charge in [0.2, 0.25) is 0 Å². The van der Waals surface area contributed by atoms with Crippen molar-refractivity contribution in [1.82, 2.24) is 0 Å². The van der Waals surface area contributed by atoms with Gasteiger partial charge in [-0.25, -0.2) is 0 Å². The highest BCUT2D eigenvalue weighted by molar-refractivity contribution is 7.84. The minimum atomic E-state index is -1.88. The van der Waals surface area contributed by atoms with Crippen molar-refractivity contribution in [2.75, 3.05) is 0 Å². The van der Waals surface area contributed by atoms with Gasteiger partial charge < -0.3 is 4.43 Å². The molecule has 1 heterocycles. The van der Waals surface area contributed by atoms with Crippen LogP contribution in [0.1, 0.15) is 0 Å². The lowest BCUT2D eigenvalue weighted by atomic mass is 10.3. The number of rotatable bonds is 3. The van der Waals surface area contributed by atoms with Crippen LogP contribution in [0.2, 0.25) is 45.8 Å². The van der Waals surface area contributed by atoms with E-state index in [1.165, 1.54) is 0 Å². The third-order valence-corrected chi connectivity index (χ3v) is 71.5. The maximum Gasteiger partial charge on any atom is 0.197 e. The molecule has 1 aliphatic heterocycles. The topological polar surface area (TPSA) is 9.23 Å². The van der Waals surface area contributed by atoms with E-state index in [1.54, 1.807) is 0 Å². The summed E-state index contributed by atoms with van der Waals surface area (Å²) in [6, 6.07) is 0. The first-order valence-corrected chi connectivity index (χ1v) is 21.5. The Bertz CT molecular complexity index is 417. The van der Waals surface area contributed by atoms with Crippen LogP contribution >= 0.6 is 0 Å². The third kappa shape index (κ3) is 1.78. The van der Waals surface area contributed by atoms with Gasteiger partial charge in [0.25, 0.3) is 0 Å². The van der Waals surface area contributed by atoms with Crippen LogP contribution < -0.4 is 0 Å². The molecule has 1 rings (SSSR count). The van der Waals surface area contributed by atoms with Crippen molar-refractivity contribution in [3.05, 3.63) is 37.6 Å². The Balaban J connectivity index is 3.68. The van der Waals surface area contributed by atoms with Crippen LogP contribution in [0, 0.1) is 0 Å². The van der Waals surface area contributed by atoms with Crippen LogP contribution in [0.4, 0.5) is 0 Å². The van der Waals surface area contributed by atoms with E-state index in [-0.39, 0.29) is 5.22 Å². The zero-order chi connectivity index (χ0) is 15.3. The highest BCUT2D eigenvalue weighted by Crippen LogP contribution is 2.49. The Labute approximate surface area is 123 Å². The monoisotopic (exact) mass is 326 g/mol. The summed E-state index contributed by atoms with van der Waals surface area (Å²) in [5, 5.41) is -0.263. The lowest BCUT2D eigenvalue weighted by Gasteiger charge is -2.66. The molecule has 5 heteroatoms. The molecule has 19 heavy (non-hydrogen) atoms. The van der Waals surface area contributed by atoms with Crippen molar-refractivity contribution in [2.45, 2.75) is 51.1 Å². The van der Waals surface area contributed by atoms with E-state index in [1.807, 2.05) is 12.2 Å². The lowest BCUT2D eigenvalue weighted by Crippen LogP contribution is -2.90. The van der Waals surface area contributed by atoms with Crippen molar-refractivity contribution in [2.24, 2.45) is 0 Å². The highest BCUT2D eigenvalue weighted by atomic mass is 29.8. The average molecular weight is 327 g/mol. The molecule has 0 saturated carbocycles. The quantitative estimate of drug-likeness (QED) is 0.554. The Morgan fingerprint density at radius 1 is 0.789 bits per heavy atom. The Kier molecular flexibility index (Phi) is 4.07. The van der Waals surface area contributed by atoms with Crippen LogP contribution in [0.5, 0.6) is 0 Å². The third-order valence-electron chi connectivity index (χ3n) is 6.72. The Morgan fingerprint density at radius 2 is 1.21 bits per heavy atom. The number of hydrogen-bond donors (Lipinski definition) is 0. The van der Waals surface area contributed by atoms with Gasteiger partial charge in [-0.3, -0.25) is 0 Å². The molecule has 0 amide bonds. The first-order chi connectivity index (χ1) is 8.39. The molecule has 0 aromatic rings. The van der Waals surface area contributed by atoms with E-state index in [0.29, 0.717) is 0 Å². The van der Waals surface area contributed by atoms with E-state index >= 15 is 0 Å². The minimum Gasteiger partial charge on any atom is -0.407 e. The molecule has 0 spiro atoms. The van der Waals surface area contributed by atoms with Crippen LogP contribution in [0.15, 0.2) is 37.6 Å². The van der Waals surface area contributed by atoms with E-state index in [4.69, 9.17) is 4.43 Å². The largest absolute Gasteiger partial charge is 0.407 e. The van der Waals surface area contributed by atoms with E-state index in [0.717, 1.165) is 0 Å². The first-order valence-electron chi connectivity index (χ1n) is 7.00. The normalized spacial score (nSPS) is 34.3. The van der Waals surface area contributed by atoms with Gasteiger partial charge in [-0.15, -0.1) is 19.7 Å². The average Bonchev–Trinajstić information content (AvgIpc) is 2.33. The molecule has 0 bridgehead atoms. The summed E-state index contributed by atoms with van der Waals surface area (Å²) in [6.45, 7) is 30.0. The molecular formula is C14H30OSi4. The van der Waals surface area contributed by atoms with Crippen molar-refractivity contribution < 1.29 is 4.43 Å². The van der Waals surface area contributed by atoms with Gasteiger partial charge in [0.1, 0.15) is 0 Å². The van der Waals surface area contributed by atoms with Crippen molar-refractivity contribution in [3.63, 3.8) is 0 Å². The van der Waals surface area contributed by atoms with Gasteiger partial charge in [0, 0.05) is 7.11 Å². The molecule has 0 aromatic carbocycles. The molecule has 1 nitrogen and oxygen atoms in total.